The first-order valence-corrected chi connectivity index (χ1v) is 11.4. The molecule has 1 fully saturated rings. The Bertz CT molecular complexity index is 1040. The van der Waals surface area contributed by atoms with Crippen LogP contribution in [0.4, 0.5) is 5.69 Å². The van der Waals surface area contributed by atoms with Crippen molar-refractivity contribution in [3.63, 3.8) is 0 Å². The summed E-state index contributed by atoms with van der Waals surface area (Å²) in [4.78, 5) is 41.3. The maximum Gasteiger partial charge on any atom is 0.265 e. The van der Waals surface area contributed by atoms with Gasteiger partial charge < -0.3 is 19.7 Å². The molecule has 174 valence electrons. The average Bonchev–Trinajstić information content (AvgIpc) is 3.33. The Morgan fingerprint density at radius 1 is 1.12 bits per heavy atom. The van der Waals surface area contributed by atoms with Crippen LogP contribution in [-0.4, -0.2) is 68.4 Å². The molecule has 2 aliphatic heterocycles. The average molecular weight is 472 g/mol. The number of fused-ring (bicyclic) bond motifs is 1. The fourth-order valence-corrected chi connectivity index (χ4v) is 4.08. The van der Waals surface area contributed by atoms with Crippen LogP contribution in [0.25, 0.3) is 0 Å². The Hall–Kier alpha value is -3.10. The molecule has 4 rings (SSSR count). The molecule has 0 spiro atoms. The fourth-order valence-electron chi connectivity index (χ4n) is 3.90. The van der Waals surface area contributed by atoms with Crippen LogP contribution in [0.1, 0.15) is 23.2 Å². The number of likely N-dealkylation sites (tertiary alicyclic amines) is 1. The number of ether oxygens (including phenoxy) is 2. The summed E-state index contributed by atoms with van der Waals surface area (Å²) in [7, 11) is 0. The number of ketones is 1. The Balaban J connectivity index is 1.39. The molecular weight excluding hydrogens is 446 g/mol. The SMILES string of the molecule is O=C(CN1C(=O)COc2ccc(C(=O)COc3cccc(Cl)c3)cc21)NCCN1CCCC1. The van der Waals surface area contributed by atoms with Crippen molar-refractivity contribution in [1.82, 2.24) is 10.2 Å². The van der Waals surface area contributed by atoms with Crippen LogP contribution in [-0.2, 0) is 9.59 Å². The van der Waals surface area contributed by atoms with Gasteiger partial charge in [0.2, 0.25) is 5.91 Å². The van der Waals surface area contributed by atoms with Gasteiger partial charge in [0.05, 0.1) is 5.69 Å². The van der Waals surface area contributed by atoms with Crippen molar-refractivity contribution < 1.29 is 23.9 Å². The predicted molar refractivity (Wildman–Crippen MR) is 124 cm³/mol. The zero-order valence-corrected chi connectivity index (χ0v) is 19.0. The van der Waals surface area contributed by atoms with Gasteiger partial charge in [-0.25, -0.2) is 0 Å². The molecular formula is C24H26ClN3O5. The Morgan fingerprint density at radius 3 is 2.73 bits per heavy atom. The third kappa shape index (κ3) is 6.03. The van der Waals surface area contributed by atoms with E-state index in [4.69, 9.17) is 21.1 Å². The Kier molecular flexibility index (Phi) is 7.47. The first-order chi connectivity index (χ1) is 16.0. The van der Waals surface area contributed by atoms with Crippen molar-refractivity contribution in [2.75, 3.05) is 50.8 Å². The number of benzene rings is 2. The number of amides is 2. The van der Waals surface area contributed by atoms with E-state index >= 15 is 0 Å². The number of rotatable bonds is 9. The number of Topliss-reactive ketones (excluding diaryl/α,β-unsaturated/α-hetero) is 1. The van der Waals surface area contributed by atoms with Gasteiger partial charge in [-0.2, -0.15) is 0 Å². The molecule has 1 saturated heterocycles. The van der Waals surface area contributed by atoms with E-state index in [0.29, 0.717) is 34.3 Å². The molecule has 0 unspecified atom stereocenters. The third-order valence-corrected chi connectivity index (χ3v) is 5.88. The molecule has 2 aromatic carbocycles. The van der Waals surface area contributed by atoms with Gasteiger partial charge in [0.25, 0.3) is 5.91 Å². The number of carbonyl (C=O) groups excluding carboxylic acids is 3. The van der Waals surface area contributed by atoms with E-state index in [1.165, 1.54) is 17.7 Å². The van der Waals surface area contributed by atoms with E-state index in [0.717, 1.165) is 19.6 Å². The highest BCUT2D eigenvalue weighted by molar-refractivity contribution is 6.30. The summed E-state index contributed by atoms with van der Waals surface area (Å²) < 4.78 is 11.0. The monoisotopic (exact) mass is 471 g/mol. The second-order valence-corrected chi connectivity index (χ2v) is 8.46. The van der Waals surface area contributed by atoms with Crippen LogP contribution in [0.5, 0.6) is 11.5 Å². The number of halogens is 1. The van der Waals surface area contributed by atoms with E-state index in [9.17, 15) is 14.4 Å². The zero-order valence-electron chi connectivity index (χ0n) is 18.2. The summed E-state index contributed by atoms with van der Waals surface area (Å²) in [5, 5.41) is 3.39. The van der Waals surface area contributed by atoms with Crippen molar-refractivity contribution in [1.29, 1.82) is 0 Å². The number of nitrogens with one attached hydrogen (secondary N) is 1. The highest BCUT2D eigenvalue weighted by Crippen LogP contribution is 2.33. The van der Waals surface area contributed by atoms with Gasteiger partial charge >= 0.3 is 0 Å². The van der Waals surface area contributed by atoms with Gasteiger partial charge in [0.15, 0.2) is 19.0 Å². The lowest BCUT2D eigenvalue weighted by molar-refractivity contribution is -0.125. The summed E-state index contributed by atoms with van der Waals surface area (Å²) >= 11 is 5.94. The lowest BCUT2D eigenvalue weighted by Crippen LogP contribution is -2.46. The van der Waals surface area contributed by atoms with Crippen molar-refractivity contribution in [2.45, 2.75) is 12.8 Å². The minimum atomic E-state index is -0.336. The van der Waals surface area contributed by atoms with Crippen LogP contribution >= 0.6 is 11.6 Å². The number of anilines is 1. The molecule has 0 aromatic heterocycles. The second kappa shape index (κ2) is 10.7. The van der Waals surface area contributed by atoms with Crippen molar-refractivity contribution >= 4 is 34.9 Å². The molecule has 9 heteroatoms. The van der Waals surface area contributed by atoms with E-state index in [1.807, 2.05) is 0 Å². The lowest BCUT2D eigenvalue weighted by Gasteiger charge is -2.29. The highest BCUT2D eigenvalue weighted by atomic mass is 35.5. The van der Waals surface area contributed by atoms with Gasteiger partial charge in [-0.3, -0.25) is 19.3 Å². The van der Waals surface area contributed by atoms with E-state index in [2.05, 4.69) is 10.2 Å². The summed E-state index contributed by atoms with van der Waals surface area (Å²) in [6.45, 7) is 2.97. The molecule has 8 nitrogen and oxygen atoms in total. The molecule has 0 bridgehead atoms. The van der Waals surface area contributed by atoms with Crippen LogP contribution < -0.4 is 19.7 Å². The maximum atomic E-state index is 12.7. The summed E-state index contributed by atoms with van der Waals surface area (Å²) in [5.41, 5.74) is 0.753. The van der Waals surface area contributed by atoms with E-state index in [-0.39, 0.29) is 37.4 Å². The first-order valence-electron chi connectivity index (χ1n) is 11.0. The standard InChI is InChI=1S/C24H26ClN3O5/c25-18-4-3-5-19(13-18)32-15-21(29)17-6-7-22-20(12-17)28(24(31)16-33-22)14-23(30)26-8-11-27-9-1-2-10-27/h3-7,12-13H,1-2,8-11,14-16H2,(H,26,30). The van der Waals surface area contributed by atoms with Crippen molar-refractivity contribution in [3.05, 3.63) is 53.1 Å². The van der Waals surface area contributed by atoms with Crippen LogP contribution in [0.3, 0.4) is 0 Å². The molecule has 0 atom stereocenters. The van der Waals surface area contributed by atoms with Gasteiger partial charge in [-0.05, 0) is 62.3 Å². The molecule has 0 saturated carbocycles. The molecule has 0 aliphatic carbocycles. The molecule has 33 heavy (non-hydrogen) atoms. The largest absolute Gasteiger partial charge is 0.485 e. The van der Waals surface area contributed by atoms with Gasteiger partial charge in [-0.15, -0.1) is 0 Å². The molecule has 1 N–H and O–H groups in total. The van der Waals surface area contributed by atoms with Crippen LogP contribution in [0.2, 0.25) is 5.02 Å². The zero-order chi connectivity index (χ0) is 23.2. The van der Waals surface area contributed by atoms with E-state index in [1.54, 1.807) is 42.5 Å². The smallest absolute Gasteiger partial charge is 0.265 e. The highest BCUT2D eigenvalue weighted by Gasteiger charge is 2.28. The summed E-state index contributed by atoms with van der Waals surface area (Å²) in [6.07, 6.45) is 2.39. The minimum Gasteiger partial charge on any atom is -0.485 e. The van der Waals surface area contributed by atoms with Gasteiger partial charge in [0, 0.05) is 23.7 Å². The molecule has 0 radical (unpaired) electrons. The van der Waals surface area contributed by atoms with Crippen LogP contribution in [0, 0.1) is 0 Å². The molecule has 2 amide bonds. The fraction of sp³-hybridized carbons (Fsp3) is 0.375. The van der Waals surface area contributed by atoms with Crippen LogP contribution in [0.15, 0.2) is 42.5 Å². The normalized spacial score (nSPS) is 15.7. The Morgan fingerprint density at radius 2 is 1.94 bits per heavy atom. The molecule has 2 aromatic rings. The van der Waals surface area contributed by atoms with Crippen molar-refractivity contribution in [2.24, 2.45) is 0 Å². The Labute approximate surface area is 197 Å². The minimum absolute atomic E-state index is 0.133. The summed E-state index contributed by atoms with van der Waals surface area (Å²) in [6, 6.07) is 11.6. The summed E-state index contributed by atoms with van der Waals surface area (Å²) in [5.74, 6) is 0.0746. The second-order valence-electron chi connectivity index (χ2n) is 8.02. The van der Waals surface area contributed by atoms with Gasteiger partial charge in [-0.1, -0.05) is 17.7 Å². The van der Waals surface area contributed by atoms with Gasteiger partial charge in [0.1, 0.15) is 18.0 Å². The number of hydrogen-bond donors (Lipinski definition) is 1. The van der Waals surface area contributed by atoms with Crippen molar-refractivity contribution in [3.8, 4) is 11.5 Å². The van der Waals surface area contributed by atoms with E-state index < -0.39 is 0 Å². The molecule has 2 aliphatic rings. The number of carbonyl (C=O) groups is 3. The maximum absolute atomic E-state index is 12.7. The quantitative estimate of drug-likeness (QED) is 0.565. The molecule has 2 heterocycles. The topological polar surface area (TPSA) is 88.2 Å². The lowest BCUT2D eigenvalue weighted by atomic mass is 10.1. The predicted octanol–water partition coefficient (Wildman–Crippen LogP) is 2.54. The third-order valence-electron chi connectivity index (χ3n) is 5.64. The first kappa shape index (κ1) is 23.1. The number of nitrogens with zero attached hydrogens (tertiary/aromatic N) is 2. The number of hydrogen-bond acceptors (Lipinski definition) is 6.